The van der Waals surface area contributed by atoms with Gasteiger partial charge in [-0.3, -0.25) is 0 Å². The Morgan fingerprint density at radius 3 is 2.43 bits per heavy atom. The molecule has 3 aromatic rings. The first kappa shape index (κ1) is 14.0. The number of fused-ring (bicyclic) bond motifs is 1. The first-order valence-electron chi connectivity index (χ1n) is 6.78. The fourth-order valence-electron chi connectivity index (χ4n) is 2.36. The molecule has 0 fully saturated rings. The van der Waals surface area contributed by atoms with Gasteiger partial charge in [0.25, 0.3) is 0 Å². The van der Waals surface area contributed by atoms with Crippen molar-refractivity contribution in [1.29, 1.82) is 0 Å². The third-order valence-electron chi connectivity index (χ3n) is 3.38. The Hall–Kier alpha value is -1.91. The van der Waals surface area contributed by atoms with Gasteiger partial charge in [0.15, 0.2) is 0 Å². The summed E-state index contributed by atoms with van der Waals surface area (Å²) in [5.74, 6) is 0. The van der Waals surface area contributed by atoms with Crippen LogP contribution in [0.3, 0.4) is 0 Å². The normalized spacial score (nSPS) is 10.8. The number of nitrogens with zero attached hydrogens (tertiary/aromatic N) is 1. The second-order valence-corrected chi connectivity index (χ2v) is 5.49. The molecule has 0 saturated carbocycles. The summed E-state index contributed by atoms with van der Waals surface area (Å²) in [7, 11) is 0. The largest absolute Gasteiger partial charge is 0.395 e. The van der Waals surface area contributed by atoms with E-state index in [-0.39, 0.29) is 6.61 Å². The highest BCUT2D eigenvalue weighted by Gasteiger charge is 2.07. The number of hydrogen-bond acceptors (Lipinski definition) is 3. The molecule has 0 bridgehead atoms. The lowest BCUT2D eigenvalue weighted by Crippen LogP contribution is -2.04. The predicted octanol–water partition coefficient (Wildman–Crippen LogP) is 4.07. The molecule has 0 unspecified atom stereocenters. The van der Waals surface area contributed by atoms with E-state index < -0.39 is 0 Å². The lowest BCUT2D eigenvalue weighted by molar-refractivity contribution is 0.311. The molecule has 0 spiro atoms. The molecule has 3 rings (SSSR count). The zero-order valence-corrected chi connectivity index (χ0v) is 13.0. The third-order valence-corrected chi connectivity index (χ3v) is 4.02. The summed E-state index contributed by atoms with van der Waals surface area (Å²) in [6.45, 7) is 0.686. The Bertz CT molecular complexity index is 756. The van der Waals surface area contributed by atoms with Crippen LogP contribution in [0.4, 0.5) is 5.69 Å². The van der Waals surface area contributed by atoms with Crippen LogP contribution in [0.15, 0.2) is 59.3 Å². The van der Waals surface area contributed by atoms with Crippen LogP contribution >= 0.6 is 15.9 Å². The van der Waals surface area contributed by atoms with Crippen LogP contribution in [-0.4, -0.2) is 23.2 Å². The number of aromatic nitrogens is 1. The fourth-order valence-corrected chi connectivity index (χ4v) is 2.80. The Labute approximate surface area is 131 Å². The number of rotatable bonds is 4. The van der Waals surface area contributed by atoms with E-state index in [9.17, 15) is 0 Å². The molecule has 0 atom stereocenters. The number of anilines is 1. The zero-order chi connectivity index (χ0) is 14.7. The second kappa shape index (κ2) is 6.24. The van der Waals surface area contributed by atoms with Crippen molar-refractivity contribution < 1.29 is 5.11 Å². The van der Waals surface area contributed by atoms with E-state index >= 15 is 0 Å². The molecule has 4 heteroatoms. The lowest BCUT2D eigenvalue weighted by Gasteiger charge is -2.09. The molecule has 1 aromatic heterocycles. The molecule has 1 heterocycles. The van der Waals surface area contributed by atoms with Gasteiger partial charge in [-0.05, 0) is 39.0 Å². The zero-order valence-electron chi connectivity index (χ0n) is 11.4. The molecule has 0 aliphatic rings. The minimum atomic E-state index is 0.128. The quantitative estimate of drug-likeness (QED) is 0.702. The van der Waals surface area contributed by atoms with E-state index in [4.69, 9.17) is 5.11 Å². The van der Waals surface area contributed by atoms with Gasteiger partial charge in [-0.15, -0.1) is 0 Å². The van der Waals surface area contributed by atoms with E-state index in [1.54, 1.807) is 0 Å². The number of nitrogens with one attached hydrogen (secondary N) is 1. The Morgan fingerprint density at radius 1 is 1.00 bits per heavy atom. The highest BCUT2D eigenvalue weighted by molar-refractivity contribution is 9.10. The molecule has 106 valence electrons. The molecule has 0 saturated heterocycles. The number of halogens is 1. The summed E-state index contributed by atoms with van der Waals surface area (Å²) in [6, 6.07) is 16.4. The number of hydrogen-bond donors (Lipinski definition) is 2. The van der Waals surface area contributed by atoms with Gasteiger partial charge in [-0.1, -0.05) is 36.4 Å². The van der Waals surface area contributed by atoms with Crippen LogP contribution in [0.2, 0.25) is 0 Å². The van der Waals surface area contributed by atoms with Gasteiger partial charge in [0.05, 0.1) is 6.61 Å². The Kier molecular flexibility index (Phi) is 4.18. The van der Waals surface area contributed by atoms with Gasteiger partial charge in [0, 0.05) is 29.4 Å². The highest BCUT2D eigenvalue weighted by Crippen LogP contribution is 2.31. The van der Waals surface area contributed by atoms with Crippen molar-refractivity contribution in [1.82, 2.24) is 4.98 Å². The Balaban J connectivity index is 2.02. The molecule has 0 aliphatic heterocycles. The number of aliphatic hydroxyl groups excluding tert-OH is 1. The maximum absolute atomic E-state index is 8.83. The van der Waals surface area contributed by atoms with E-state index in [1.807, 2.05) is 30.5 Å². The summed E-state index contributed by atoms with van der Waals surface area (Å²) in [5, 5.41) is 14.3. The van der Waals surface area contributed by atoms with Crippen molar-refractivity contribution >= 4 is 32.4 Å². The van der Waals surface area contributed by atoms with Gasteiger partial charge < -0.3 is 10.4 Å². The molecular weight excluding hydrogens is 328 g/mol. The smallest absolute Gasteiger partial charge is 0.113 e. The monoisotopic (exact) mass is 342 g/mol. The second-order valence-electron chi connectivity index (χ2n) is 4.74. The molecule has 21 heavy (non-hydrogen) atoms. The third kappa shape index (κ3) is 2.91. The highest BCUT2D eigenvalue weighted by atomic mass is 79.9. The maximum Gasteiger partial charge on any atom is 0.113 e. The van der Waals surface area contributed by atoms with E-state index in [0.717, 1.165) is 26.8 Å². The Morgan fingerprint density at radius 2 is 1.71 bits per heavy atom. The van der Waals surface area contributed by atoms with Crippen molar-refractivity contribution in [2.75, 3.05) is 18.5 Å². The summed E-state index contributed by atoms with van der Waals surface area (Å²) in [4.78, 5) is 4.42. The first-order chi connectivity index (χ1) is 10.3. The average Bonchev–Trinajstić information content (AvgIpc) is 2.54. The number of pyridine rings is 1. The lowest BCUT2D eigenvalue weighted by atomic mass is 10.0. The first-order valence-corrected chi connectivity index (χ1v) is 7.57. The maximum atomic E-state index is 8.83. The van der Waals surface area contributed by atoms with Gasteiger partial charge in [-0.2, -0.15) is 0 Å². The van der Waals surface area contributed by atoms with Gasteiger partial charge in [0.2, 0.25) is 0 Å². The summed E-state index contributed by atoms with van der Waals surface area (Å²) in [6.07, 6.45) is 1.89. The van der Waals surface area contributed by atoms with E-state index in [1.165, 1.54) is 5.39 Å². The van der Waals surface area contributed by atoms with Crippen LogP contribution in [-0.2, 0) is 0 Å². The van der Waals surface area contributed by atoms with Crippen LogP contribution < -0.4 is 5.32 Å². The summed E-state index contributed by atoms with van der Waals surface area (Å²) >= 11 is 3.50. The van der Waals surface area contributed by atoms with E-state index in [0.29, 0.717) is 6.54 Å². The van der Waals surface area contributed by atoms with Crippen molar-refractivity contribution in [3.05, 3.63) is 59.3 Å². The van der Waals surface area contributed by atoms with Crippen LogP contribution in [0.25, 0.3) is 21.9 Å². The SMILES string of the molecule is OCCNc1ccc(-c2cnc(Br)c3ccccc23)cc1. The molecular formula is C17H15BrN2O. The van der Waals surface area contributed by atoms with Crippen LogP contribution in [0.1, 0.15) is 0 Å². The predicted molar refractivity (Wildman–Crippen MR) is 90.5 cm³/mol. The molecule has 0 aliphatic carbocycles. The minimum absolute atomic E-state index is 0.128. The molecule has 3 nitrogen and oxygen atoms in total. The topological polar surface area (TPSA) is 45.1 Å². The van der Waals surface area contributed by atoms with Crippen molar-refractivity contribution in [3.8, 4) is 11.1 Å². The number of benzene rings is 2. The molecule has 0 amide bonds. The van der Waals surface area contributed by atoms with Crippen LogP contribution in [0, 0.1) is 0 Å². The van der Waals surface area contributed by atoms with Crippen molar-refractivity contribution in [3.63, 3.8) is 0 Å². The minimum Gasteiger partial charge on any atom is -0.395 e. The summed E-state index contributed by atoms with van der Waals surface area (Å²) in [5.41, 5.74) is 3.24. The van der Waals surface area contributed by atoms with Crippen molar-refractivity contribution in [2.24, 2.45) is 0 Å². The fraction of sp³-hybridized carbons (Fsp3) is 0.118. The van der Waals surface area contributed by atoms with Gasteiger partial charge in [-0.25, -0.2) is 4.98 Å². The number of aliphatic hydroxyl groups is 1. The van der Waals surface area contributed by atoms with Gasteiger partial charge in [0.1, 0.15) is 4.60 Å². The summed E-state index contributed by atoms with van der Waals surface area (Å²) < 4.78 is 0.864. The van der Waals surface area contributed by atoms with Crippen LogP contribution in [0.5, 0.6) is 0 Å². The molecule has 2 aromatic carbocycles. The average molecular weight is 343 g/mol. The molecule has 0 radical (unpaired) electrons. The molecule has 2 N–H and O–H groups in total. The van der Waals surface area contributed by atoms with Crippen molar-refractivity contribution in [2.45, 2.75) is 0 Å². The van der Waals surface area contributed by atoms with Gasteiger partial charge >= 0.3 is 0 Å². The standard InChI is InChI=1S/C17H15BrN2O/c18-17-15-4-2-1-3-14(15)16(11-20-17)12-5-7-13(8-6-12)19-9-10-21/h1-8,11,19,21H,9-10H2. The van der Waals surface area contributed by atoms with E-state index in [2.05, 4.69) is 50.5 Å².